The summed E-state index contributed by atoms with van der Waals surface area (Å²) in [4.78, 5) is 0. The van der Waals surface area contributed by atoms with Crippen LogP contribution in [0.5, 0.6) is 11.5 Å². The Hall–Kier alpha value is -2.48. The van der Waals surface area contributed by atoms with Gasteiger partial charge in [0.25, 0.3) is 0 Å². The molecule has 3 aromatic carbocycles. The number of benzene rings is 3. The molecule has 0 radical (unpaired) electrons. The Balaban J connectivity index is 1.53. The van der Waals surface area contributed by atoms with E-state index in [4.69, 9.17) is 4.74 Å². The van der Waals surface area contributed by atoms with Crippen molar-refractivity contribution < 1.29 is 9.84 Å². The van der Waals surface area contributed by atoms with E-state index in [1.165, 1.54) is 65.3 Å². The summed E-state index contributed by atoms with van der Waals surface area (Å²) in [5.41, 5.74) is 6.36. The second kappa shape index (κ2) is 6.76. The van der Waals surface area contributed by atoms with Crippen molar-refractivity contribution in [3.8, 4) is 22.6 Å². The topological polar surface area (TPSA) is 29.5 Å². The highest BCUT2D eigenvalue weighted by Gasteiger charge is 2.38. The Morgan fingerprint density at radius 2 is 1.68 bits per heavy atom. The van der Waals surface area contributed by atoms with Gasteiger partial charge >= 0.3 is 0 Å². The third-order valence-corrected chi connectivity index (χ3v) is 8.55. The maximum atomic E-state index is 11.0. The highest BCUT2D eigenvalue weighted by atomic mass is 16.5. The van der Waals surface area contributed by atoms with Gasteiger partial charge in [0.05, 0.1) is 7.11 Å². The van der Waals surface area contributed by atoms with Gasteiger partial charge in [0.2, 0.25) is 0 Å². The van der Waals surface area contributed by atoms with Crippen molar-refractivity contribution in [2.45, 2.75) is 57.8 Å². The summed E-state index contributed by atoms with van der Waals surface area (Å²) in [6.07, 6.45) is 8.14. The van der Waals surface area contributed by atoms with E-state index in [0.717, 1.165) is 35.3 Å². The maximum Gasteiger partial charge on any atom is 0.123 e. The van der Waals surface area contributed by atoms with Gasteiger partial charge in [-0.05, 0) is 94.8 Å². The Kier molecular flexibility index (Phi) is 4.19. The lowest BCUT2D eigenvalue weighted by Crippen LogP contribution is -2.18. The quantitative estimate of drug-likeness (QED) is 0.492. The molecule has 2 atom stereocenters. The van der Waals surface area contributed by atoms with E-state index >= 15 is 0 Å². The van der Waals surface area contributed by atoms with Crippen LogP contribution in [-0.4, -0.2) is 12.2 Å². The van der Waals surface area contributed by atoms with Crippen LogP contribution < -0.4 is 4.74 Å². The van der Waals surface area contributed by atoms with Crippen LogP contribution in [-0.2, 0) is 11.8 Å². The van der Waals surface area contributed by atoms with Crippen molar-refractivity contribution >= 4 is 10.8 Å². The van der Waals surface area contributed by atoms with Gasteiger partial charge in [-0.15, -0.1) is 0 Å². The molecule has 2 nitrogen and oxygen atoms in total. The molecule has 3 aliphatic carbocycles. The van der Waals surface area contributed by atoms with Gasteiger partial charge in [0.15, 0.2) is 0 Å². The van der Waals surface area contributed by atoms with Crippen LogP contribution in [0.2, 0.25) is 0 Å². The molecular weight excluding hydrogens is 380 g/mol. The fraction of sp³-hybridized carbons (Fsp3) is 0.448. The zero-order valence-corrected chi connectivity index (χ0v) is 18.9. The van der Waals surface area contributed by atoms with Crippen LogP contribution in [0.3, 0.4) is 0 Å². The Morgan fingerprint density at radius 1 is 0.935 bits per heavy atom. The summed E-state index contributed by atoms with van der Waals surface area (Å²) in [5, 5.41) is 13.1. The average Bonchev–Trinajstić information content (AvgIpc) is 3.21. The summed E-state index contributed by atoms with van der Waals surface area (Å²) < 4.78 is 5.84. The standard InChI is InChI=1S/C29H32O2/c1-29(2)24-7-5-4-6-21(24)28-23-14-20(13-19-11-17-8-9-18(10-17)12-19)27(31-3)15-22(23)26(30)16-25(28)29/h4-7,14-19,30H,8-13H2,1-3H3. The number of aromatic hydroxyl groups is 1. The molecule has 31 heavy (non-hydrogen) atoms. The van der Waals surface area contributed by atoms with Gasteiger partial charge in [-0.3, -0.25) is 0 Å². The number of hydrogen-bond donors (Lipinski definition) is 1. The zero-order chi connectivity index (χ0) is 21.3. The molecule has 160 valence electrons. The summed E-state index contributed by atoms with van der Waals surface area (Å²) >= 11 is 0. The fourth-order valence-electron chi connectivity index (χ4n) is 7.12. The van der Waals surface area contributed by atoms with Crippen molar-refractivity contribution in [1.29, 1.82) is 0 Å². The number of phenols is 1. The lowest BCUT2D eigenvalue weighted by Gasteiger charge is -2.28. The highest BCUT2D eigenvalue weighted by Crippen LogP contribution is 2.54. The number of fused-ring (bicyclic) bond motifs is 7. The van der Waals surface area contributed by atoms with E-state index in [1.54, 1.807) is 7.11 Å². The summed E-state index contributed by atoms with van der Waals surface area (Å²) in [6.45, 7) is 4.54. The number of ether oxygens (including phenoxy) is 1. The molecule has 0 saturated heterocycles. The first-order valence-corrected chi connectivity index (χ1v) is 11.9. The Morgan fingerprint density at radius 3 is 2.42 bits per heavy atom. The fourth-order valence-corrected chi connectivity index (χ4v) is 7.12. The predicted octanol–water partition coefficient (Wildman–Crippen LogP) is 7.23. The number of phenolic OH excluding ortho intramolecular Hbond substituents is 1. The first kappa shape index (κ1) is 19.2. The molecular formula is C29H32O2. The molecule has 0 heterocycles. The lowest BCUT2D eigenvalue weighted by molar-refractivity contribution is 0.258. The molecule has 2 heteroatoms. The van der Waals surface area contributed by atoms with Crippen LogP contribution in [0.1, 0.15) is 62.6 Å². The number of hydrogen-bond acceptors (Lipinski definition) is 2. The first-order valence-electron chi connectivity index (χ1n) is 11.9. The van der Waals surface area contributed by atoms with Gasteiger partial charge in [0, 0.05) is 10.8 Å². The smallest absolute Gasteiger partial charge is 0.123 e. The van der Waals surface area contributed by atoms with Crippen LogP contribution in [0.4, 0.5) is 0 Å². The van der Waals surface area contributed by atoms with Gasteiger partial charge in [0.1, 0.15) is 11.5 Å². The molecule has 3 aromatic rings. The molecule has 6 rings (SSSR count). The molecule has 0 spiro atoms. The van der Waals surface area contributed by atoms with Crippen molar-refractivity contribution in [2.75, 3.05) is 7.11 Å². The third kappa shape index (κ3) is 2.83. The van der Waals surface area contributed by atoms with E-state index in [2.05, 4.69) is 50.2 Å². The van der Waals surface area contributed by atoms with Crippen molar-refractivity contribution in [3.63, 3.8) is 0 Å². The monoisotopic (exact) mass is 412 g/mol. The van der Waals surface area contributed by atoms with E-state index < -0.39 is 0 Å². The Bertz CT molecular complexity index is 1180. The molecule has 3 aliphatic rings. The van der Waals surface area contributed by atoms with Crippen LogP contribution in [0.25, 0.3) is 21.9 Å². The van der Waals surface area contributed by atoms with Crippen LogP contribution in [0, 0.1) is 17.8 Å². The second-order valence-corrected chi connectivity index (χ2v) is 10.8. The Labute approximate surface area is 185 Å². The minimum Gasteiger partial charge on any atom is -0.507 e. The van der Waals surface area contributed by atoms with Gasteiger partial charge in [-0.2, -0.15) is 0 Å². The lowest BCUT2D eigenvalue weighted by atomic mass is 9.77. The van der Waals surface area contributed by atoms with Crippen LogP contribution in [0.15, 0.2) is 42.5 Å². The largest absolute Gasteiger partial charge is 0.507 e. The highest BCUT2D eigenvalue weighted by molar-refractivity contribution is 6.06. The predicted molar refractivity (Wildman–Crippen MR) is 127 cm³/mol. The molecule has 0 amide bonds. The van der Waals surface area contributed by atoms with Gasteiger partial charge in [-0.25, -0.2) is 0 Å². The van der Waals surface area contributed by atoms with E-state index in [-0.39, 0.29) is 5.41 Å². The molecule has 1 N–H and O–H groups in total. The molecule has 2 saturated carbocycles. The molecule has 2 unspecified atom stereocenters. The van der Waals surface area contributed by atoms with E-state index in [0.29, 0.717) is 5.75 Å². The van der Waals surface area contributed by atoms with Crippen molar-refractivity contribution in [2.24, 2.45) is 17.8 Å². The minimum atomic E-state index is -0.111. The summed E-state index contributed by atoms with van der Waals surface area (Å²) in [6, 6.07) is 15.1. The van der Waals surface area contributed by atoms with Crippen molar-refractivity contribution in [3.05, 3.63) is 59.2 Å². The molecule has 2 bridgehead atoms. The minimum absolute atomic E-state index is 0.111. The molecule has 0 aromatic heterocycles. The number of rotatable bonds is 3. The SMILES string of the molecule is COc1cc2c(O)cc3c(c2cc1CC1CC2CCC(C2)C1)-c1ccccc1C3(C)C. The number of methoxy groups -OCH3 is 1. The first-order chi connectivity index (χ1) is 15.0. The maximum absolute atomic E-state index is 11.0. The average molecular weight is 413 g/mol. The zero-order valence-electron chi connectivity index (χ0n) is 18.9. The van der Waals surface area contributed by atoms with E-state index in [9.17, 15) is 5.11 Å². The van der Waals surface area contributed by atoms with Crippen molar-refractivity contribution in [1.82, 2.24) is 0 Å². The second-order valence-electron chi connectivity index (χ2n) is 10.8. The van der Waals surface area contributed by atoms with E-state index in [1.807, 2.05) is 6.07 Å². The summed E-state index contributed by atoms with van der Waals surface area (Å²) in [5.74, 6) is 3.92. The van der Waals surface area contributed by atoms with Gasteiger partial charge in [-0.1, -0.05) is 51.0 Å². The van der Waals surface area contributed by atoms with Gasteiger partial charge < -0.3 is 9.84 Å². The van der Waals surface area contributed by atoms with Crippen LogP contribution >= 0.6 is 0 Å². The molecule has 2 fully saturated rings. The molecule has 0 aliphatic heterocycles. The summed E-state index contributed by atoms with van der Waals surface area (Å²) in [7, 11) is 1.76. The normalized spacial score (nSPS) is 25.5. The third-order valence-electron chi connectivity index (χ3n) is 8.55.